The highest BCUT2D eigenvalue weighted by Crippen LogP contribution is 2.28. The fourth-order valence-electron chi connectivity index (χ4n) is 3.57. The molecule has 3 aromatic rings. The van der Waals surface area contributed by atoms with Crippen molar-refractivity contribution in [2.45, 2.75) is 25.4 Å². The van der Waals surface area contributed by atoms with Crippen molar-refractivity contribution in [3.8, 4) is 0 Å². The molecule has 1 atom stereocenters. The van der Waals surface area contributed by atoms with Gasteiger partial charge in [0.25, 0.3) is 11.8 Å². The number of nitrogens with one attached hydrogen (secondary N) is 4. The molecular formula is C23H24ClFN6O2S. The Kier molecular flexibility index (Phi) is 7.61. The van der Waals surface area contributed by atoms with Crippen LogP contribution in [0.4, 0.5) is 21.0 Å². The van der Waals surface area contributed by atoms with E-state index >= 15 is 0 Å². The average molecular weight is 503 g/mol. The van der Waals surface area contributed by atoms with Crippen LogP contribution in [0.5, 0.6) is 0 Å². The molecule has 0 saturated carbocycles. The molecule has 2 heterocycles. The van der Waals surface area contributed by atoms with E-state index in [1.807, 2.05) is 0 Å². The number of halogens is 2. The molecule has 0 bridgehead atoms. The van der Waals surface area contributed by atoms with Crippen LogP contribution >= 0.6 is 22.9 Å². The highest BCUT2D eigenvalue weighted by molar-refractivity contribution is 7.18. The lowest BCUT2D eigenvalue weighted by Crippen LogP contribution is -2.45. The second kappa shape index (κ2) is 10.8. The second-order valence-corrected chi connectivity index (χ2v) is 9.29. The first-order valence-electron chi connectivity index (χ1n) is 10.8. The zero-order valence-corrected chi connectivity index (χ0v) is 19.7. The molecule has 1 fully saturated rings. The van der Waals surface area contributed by atoms with Crippen LogP contribution in [0.2, 0.25) is 5.02 Å². The van der Waals surface area contributed by atoms with Crippen molar-refractivity contribution >= 4 is 51.4 Å². The summed E-state index contributed by atoms with van der Waals surface area (Å²) in [7, 11) is 0. The summed E-state index contributed by atoms with van der Waals surface area (Å²) in [5, 5.41) is 12.6. The van der Waals surface area contributed by atoms with Crippen molar-refractivity contribution in [3.05, 3.63) is 69.3 Å². The molecule has 34 heavy (non-hydrogen) atoms. The van der Waals surface area contributed by atoms with Gasteiger partial charge in [-0.15, -0.1) is 0 Å². The number of carbonyl (C=O) groups excluding carboxylic acids is 2. The van der Waals surface area contributed by atoms with Gasteiger partial charge in [0.1, 0.15) is 16.5 Å². The monoisotopic (exact) mass is 502 g/mol. The van der Waals surface area contributed by atoms with Crippen LogP contribution in [0.25, 0.3) is 0 Å². The highest BCUT2D eigenvalue weighted by atomic mass is 35.5. The van der Waals surface area contributed by atoms with Crippen molar-refractivity contribution in [1.82, 2.24) is 20.9 Å². The van der Waals surface area contributed by atoms with E-state index in [-0.39, 0.29) is 35.2 Å². The molecule has 4 rings (SSSR count). The Balaban J connectivity index is 1.38. The fourth-order valence-corrected chi connectivity index (χ4v) is 4.58. The zero-order valence-electron chi connectivity index (χ0n) is 18.2. The first-order chi connectivity index (χ1) is 16.4. The summed E-state index contributed by atoms with van der Waals surface area (Å²) in [4.78, 5) is 29.8. The van der Waals surface area contributed by atoms with E-state index in [2.05, 4.69) is 26.3 Å². The molecule has 178 valence electrons. The number of nitrogen functional groups attached to an aromatic ring is 1. The Morgan fingerprint density at radius 1 is 1.24 bits per heavy atom. The van der Waals surface area contributed by atoms with Gasteiger partial charge in [-0.05, 0) is 55.3 Å². The van der Waals surface area contributed by atoms with Crippen molar-refractivity contribution in [3.63, 3.8) is 0 Å². The van der Waals surface area contributed by atoms with Crippen LogP contribution in [0.15, 0.2) is 42.5 Å². The van der Waals surface area contributed by atoms with Gasteiger partial charge in [0.15, 0.2) is 5.13 Å². The van der Waals surface area contributed by atoms with E-state index in [0.29, 0.717) is 26.8 Å². The van der Waals surface area contributed by atoms with Crippen LogP contribution < -0.4 is 27.0 Å². The lowest BCUT2D eigenvalue weighted by atomic mass is 10.1. The normalized spacial score (nSPS) is 15.5. The van der Waals surface area contributed by atoms with E-state index in [0.717, 1.165) is 37.3 Å². The minimum atomic E-state index is -0.509. The van der Waals surface area contributed by atoms with Crippen LogP contribution in [-0.2, 0) is 6.54 Å². The first kappa shape index (κ1) is 23.9. The molecule has 0 spiro atoms. The lowest BCUT2D eigenvalue weighted by molar-refractivity contribution is 0.0932. The summed E-state index contributed by atoms with van der Waals surface area (Å²) in [6, 6.07) is 11.2. The number of hydrogen-bond acceptors (Lipinski definition) is 7. The Bertz CT molecular complexity index is 1200. The standard InChI is InChI=1S/C23H24ClFN6O2S/c24-17-9-13(6-7-18(17)25)11-28-21(32)14-3-1-4-15(10-14)30-23-31-20(26)19(34-23)22(33)29-16-5-2-8-27-12-16/h1,3-4,6-7,9-10,16,27H,2,5,8,11-12,26H2,(H,28,32)(H,29,33)(H,30,31). The number of piperidine rings is 1. The SMILES string of the molecule is Nc1nc(Nc2cccc(C(=O)NCc3ccc(F)c(Cl)c3)c2)sc1C(=O)NC1CCCNC1. The molecule has 6 N–H and O–H groups in total. The Labute approximate surface area is 205 Å². The quantitative estimate of drug-likeness (QED) is 0.336. The van der Waals surface area contributed by atoms with Gasteiger partial charge in [-0.2, -0.15) is 0 Å². The molecule has 2 amide bonds. The van der Waals surface area contributed by atoms with E-state index < -0.39 is 5.82 Å². The predicted octanol–water partition coefficient (Wildman–Crippen LogP) is 3.67. The molecule has 2 aromatic carbocycles. The fraction of sp³-hybridized carbons (Fsp3) is 0.261. The average Bonchev–Trinajstić information content (AvgIpc) is 3.20. The smallest absolute Gasteiger partial charge is 0.265 e. The largest absolute Gasteiger partial charge is 0.382 e. The van der Waals surface area contributed by atoms with Gasteiger partial charge in [0.2, 0.25) is 0 Å². The number of rotatable bonds is 7. The summed E-state index contributed by atoms with van der Waals surface area (Å²) >= 11 is 6.94. The topological polar surface area (TPSA) is 121 Å². The van der Waals surface area contributed by atoms with Crippen molar-refractivity contribution in [2.75, 3.05) is 24.1 Å². The molecule has 1 aliphatic heterocycles. The lowest BCUT2D eigenvalue weighted by Gasteiger charge is -2.23. The van der Waals surface area contributed by atoms with Crippen molar-refractivity contribution < 1.29 is 14.0 Å². The molecule has 11 heteroatoms. The van der Waals surface area contributed by atoms with Gasteiger partial charge in [0, 0.05) is 30.4 Å². The van der Waals surface area contributed by atoms with E-state index in [4.69, 9.17) is 17.3 Å². The van der Waals surface area contributed by atoms with Crippen molar-refractivity contribution in [1.29, 1.82) is 0 Å². The number of benzene rings is 2. The maximum absolute atomic E-state index is 13.3. The van der Waals surface area contributed by atoms with Crippen LogP contribution in [-0.4, -0.2) is 35.9 Å². The number of carbonyl (C=O) groups is 2. The number of anilines is 3. The summed E-state index contributed by atoms with van der Waals surface area (Å²) in [6.45, 7) is 1.90. The summed E-state index contributed by atoms with van der Waals surface area (Å²) in [5.74, 6) is -0.903. The summed E-state index contributed by atoms with van der Waals surface area (Å²) in [5.41, 5.74) is 7.70. The number of thiazole rings is 1. The van der Waals surface area contributed by atoms with E-state index in [1.54, 1.807) is 30.3 Å². The summed E-state index contributed by atoms with van der Waals surface area (Å²) < 4.78 is 13.3. The van der Waals surface area contributed by atoms with Gasteiger partial charge in [0.05, 0.1) is 5.02 Å². The van der Waals surface area contributed by atoms with E-state index in [9.17, 15) is 14.0 Å². The maximum atomic E-state index is 13.3. The molecule has 1 aromatic heterocycles. The van der Waals surface area contributed by atoms with Crippen LogP contribution in [0, 0.1) is 5.82 Å². The summed E-state index contributed by atoms with van der Waals surface area (Å²) in [6.07, 6.45) is 1.93. The third-order valence-electron chi connectivity index (χ3n) is 5.30. The molecule has 1 unspecified atom stereocenters. The number of aromatic nitrogens is 1. The molecular weight excluding hydrogens is 479 g/mol. The second-order valence-electron chi connectivity index (χ2n) is 7.89. The van der Waals surface area contributed by atoms with Gasteiger partial charge in [-0.3, -0.25) is 9.59 Å². The molecule has 0 aliphatic carbocycles. The number of hydrogen-bond donors (Lipinski definition) is 5. The van der Waals surface area contributed by atoms with Gasteiger partial charge in [-0.1, -0.05) is 35.1 Å². The number of amides is 2. The van der Waals surface area contributed by atoms with Crippen LogP contribution in [0.1, 0.15) is 38.4 Å². The van der Waals surface area contributed by atoms with Gasteiger partial charge < -0.3 is 27.0 Å². The number of nitrogens with zero attached hydrogens (tertiary/aromatic N) is 1. The minimum absolute atomic E-state index is 0.00382. The third-order valence-corrected chi connectivity index (χ3v) is 6.58. The van der Waals surface area contributed by atoms with Crippen molar-refractivity contribution in [2.24, 2.45) is 0 Å². The third kappa shape index (κ3) is 6.02. The van der Waals surface area contributed by atoms with Gasteiger partial charge in [-0.25, -0.2) is 9.37 Å². The Morgan fingerprint density at radius 2 is 2.09 bits per heavy atom. The number of nitrogens with two attached hydrogens (primary N) is 1. The zero-order chi connectivity index (χ0) is 24.1. The molecule has 1 aliphatic rings. The molecule has 8 nitrogen and oxygen atoms in total. The first-order valence-corrected chi connectivity index (χ1v) is 12.0. The van der Waals surface area contributed by atoms with Gasteiger partial charge >= 0.3 is 0 Å². The maximum Gasteiger partial charge on any atom is 0.265 e. The van der Waals surface area contributed by atoms with Crippen LogP contribution in [0.3, 0.4) is 0 Å². The highest BCUT2D eigenvalue weighted by Gasteiger charge is 2.21. The molecule has 1 saturated heterocycles. The molecule has 0 radical (unpaired) electrons. The Morgan fingerprint density at radius 3 is 2.85 bits per heavy atom. The minimum Gasteiger partial charge on any atom is -0.382 e. The Hall–Kier alpha value is -3.21. The predicted molar refractivity (Wildman–Crippen MR) is 132 cm³/mol. The van der Waals surface area contributed by atoms with E-state index in [1.165, 1.54) is 12.1 Å².